The molecule has 0 heterocycles. The number of unbranched alkanes of at least 4 members (excludes halogenated alkanes) is 3. The number of aromatic hydroxyl groups is 1. The van der Waals surface area contributed by atoms with Crippen LogP contribution in [0.3, 0.4) is 0 Å². The van der Waals surface area contributed by atoms with Crippen LogP contribution in [-0.2, 0) is 23.7 Å². The van der Waals surface area contributed by atoms with Crippen LogP contribution in [0.2, 0.25) is 0 Å². The summed E-state index contributed by atoms with van der Waals surface area (Å²) >= 11 is 0. The maximum absolute atomic E-state index is 11.7. The van der Waals surface area contributed by atoms with Gasteiger partial charge in [0.1, 0.15) is 12.4 Å². The van der Waals surface area contributed by atoms with E-state index in [9.17, 15) is 9.90 Å². The van der Waals surface area contributed by atoms with E-state index in [1.807, 2.05) is 0 Å². The number of phenols is 1. The van der Waals surface area contributed by atoms with E-state index in [4.69, 9.17) is 23.7 Å². The predicted octanol–water partition coefficient (Wildman–Crippen LogP) is 3.20. The Labute approximate surface area is 167 Å². The number of carbonyl (C=O) groups is 1. The third-order valence-electron chi connectivity index (χ3n) is 3.82. The Morgan fingerprint density at radius 3 is 1.75 bits per heavy atom. The number of phenolic OH excluding ortho intramolecular Hbond substituents is 1. The van der Waals surface area contributed by atoms with Crippen LogP contribution in [0, 0.1) is 0 Å². The summed E-state index contributed by atoms with van der Waals surface area (Å²) in [6.07, 6.45) is 4.86. The summed E-state index contributed by atoms with van der Waals surface area (Å²) in [5, 5.41) is 9.17. The molecule has 0 spiro atoms. The molecular formula is C21H34O7. The molecule has 7 heteroatoms. The second kappa shape index (κ2) is 17.4. The van der Waals surface area contributed by atoms with Crippen LogP contribution in [-0.4, -0.2) is 70.5 Å². The first-order valence-corrected chi connectivity index (χ1v) is 10.0. The lowest BCUT2D eigenvalue weighted by Crippen LogP contribution is -2.14. The molecule has 0 saturated carbocycles. The van der Waals surface area contributed by atoms with Crippen LogP contribution in [0.1, 0.15) is 43.0 Å². The molecule has 1 aromatic carbocycles. The van der Waals surface area contributed by atoms with Crippen LogP contribution >= 0.6 is 0 Å². The predicted molar refractivity (Wildman–Crippen MR) is 106 cm³/mol. The van der Waals surface area contributed by atoms with Gasteiger partial charge >= 0.3 is 5.97 Å². The van der Waals surface area contributed by atoms with Crippen LogP contribution < -0.4 is 0 Å². The van der Waals surface area contributed by atoms with Crippen molar-refractivity contribution in [3.8, 4) is 5.75 Å². The minimum absolute atomic E-state index is 0.108. The lowest BCUT2D eigenvalue weighted by molar-refractivity contribution is -0.00913. The van der Waals surface area contributed by atoms with Crippen LogP contribution in [0.4, 0.5) is 0 Å². The molecule has 0 unspecified atom stereocenters. The fraction of sp³-hybridized carbons (Fsp3) is 0.667. The lowest BCUT2D eigenvalue weighted by atomic mass is 10.2. The van der Waals surface area contributed by atoms with E-state index in [-0.39, 0.29) is 12.4 Å². The second-order valence-corrected chi connectivity index (χ2v) is 6.19. The molecule has 7 nitrogen and oxygen atoms in total. The maximum Gasteiger partial charge on any atom is 0.338 e. The summed E-state index contributed by atoms with van der Waals surface area (Å²) in [5.41, 5.74) is 0.392. The standard InChI is InChI=1S/C21H34O7/c1-2-3-4-5-10-24-11-12-25-13-14-26-15-16-27-17-18-28-21(23)19-6-8-20(22)9-7-19/h6-9,22H,2-5,10-18H2,1H3. The van der Waals surface area contributed by atoms with Gasteiger partial charge < -0.3 is 28.8 Å². The summed E-state index contributed by atoms with van der Waals surface area (Å²) in [5.74, 6) is -0.335. The van der Waals surface area contributed by atoms with Crippen LogP contribution in [0.5, 0.6) is 5.75 Å². The third kappa shape index (κ3) is 13.5. The second-order valence-electron chi connectivity index (χ2n) is 6.19. The van der Waals surface area contributed by atoms with Crippen LogP contribution in [0.15, 0.2) is 24.3 Å². The number of ether oxygens (including phenoxy) is 5. The van der Waals surface area contributed by atoms with Gasteiger partial charge in [0.25, 0.3) is 0 Å². The van der Waals surface area contributed by atoms with Crippen molar-refractivity contribution >= 4 is 5.97 Å². The minimum atomic E-state index is -0.443. The highest BCUT2D eigenvalue weighted by atomic mass is 16.6. The fourth-order valence-corrected chi connectivity index (χ4v) is 2.27. The zero-order valence-electron chi connectivity index (χ0n) is 16.9. The van der Waals surface area contributed by atoms with Gasteiger partial charge in [0, 0.05) is 6.61 Å². The molecule has 0 fully saturated rings. The Bertz CT molecular complexity index is 490. The number of esters is 1. The van der Waals surface area contributed by atoms with Gasteiger partial charge in [-0.1, -0.05) is 26.2 Å². The van der Waals surface area contributed by atoms with E-state index in [2.05, 4.69) is 6.92 Å². The largest absolute Gasteiger partial charge is 0.508 e. The van der Waals surface area contributed by atoms with Crippen molar-refractivity contribution in [1.82, 2.24) is 0 Å². The van der Waals surface area contributed by atoms with Gasteiger partial charge in [-0.25, -0.2) is 4.79 Å². The smallest absolute Gasteiger partial charge is 0.338 e. The summed E-state index contributed by atoms with van der Waals surface area (Å²) < 4.78 is 26.7. The highest BCUT2D eigenvalue weighted by Gasteiger charge is 2.06. The van der Waals surface area contributed by atoms with E-state index >= 15 is 0 Å². The average Bonchev–Trinajstić information content (AvgIpc) is 2.70. The molecule has 0 saturated heterocycles. The Kier molecular flexibility index (Phi) is 15.2. The first kappa shape index (κ1) is 24.4. The Hall–Kier alpha value is -1.67. The Morgan fingerprint density at radius 1 is 0.714 bits per heavy atom. The van der Waals surface area contributed by atoms with E-state index < -0.39 is 5.97 Å². The quantitative estimate of drug-likeness (QED) is 0.300. The number of rotatable bonds is 18. The van der Waals surface area contributed by atoms with Crippen LogP contribution in [0.25, 0.3) is 0 Å². The van der Waals surface area contributed by atoms with Gasteiger partial charge in [-0.2, -0.15) is 0 Å². The van der Waals surface area contributed by atoms with E-state index in [1.54, 1.807) is 0 Å². The Morgan fingerprint density at radius 2 is 1.21 bits per heavy atom. The molecule has 0 atom stereocenters. The topological polar surface area (TPSA) is 83.5 Å². The summed E-state index contributed by atoms with van der Waals surface area (Å²) in [6, 6.07) is 5.90. The zero-order chi connectivity index (χ0) is 20.3. The van der Waals surface area contributed by atoms with Crippen molar-refractivity contribution in [3.63, 3.8) is 0 Å². The van der Waals surface area contributed by atoms with Crippen molar-refractivity contribution < 1.29 is 33.6 Å². The highest BCUT2D eigenvalue weighted by Crippen LogP contribution is 2.10. The van der Waals surface area contributed by atoms with Crippen molar-refractivity contribution in [2.75, 3.05) is 59.5 Å². The van der Waals surface area contributed by atoms with Gasteiger partial charge in [-0.05, 0) is 30.7 Å². The van der Waals surface area contributed by atoms with E-state index in [0.29, 0.717) is 51.8 Å². The number of benzene rings is 1. The summed E-state index contributed by atoms with van der Waals surface area (Å²) in [7, 11) is 0. The van der Waals surface area contributed by atoms with Gasteiger partial charge in [-0.3, -0.25) is 0 Å². The molecule has 0 aliphatic heterocycles. The molecule has 0 aliphatic rings. The van der Waals surface area contributed by atoms with Gasteiger partial charge in [0.15, 0.2) is 0 Å². The minimum Gasteiger partial charge on any atom is -0.508 e. The summed E-state index contributed by atoms with van der Waals surface area (Å²) in [6.45, 7) is 6.61. The molecule has 1 N–H and O–H groups in total. The van der Waals surface area contributed by atoms with E-state index in [0.717, 1.165) is 13.0 Å². The molecule has 0 aromatic heterocycles. The third-order valence-corrected chi connectivity index (χ3v) is 3.82. The summed E-state index contributed by atoms with van der Waals surface area (Å²) in [4.78, 5) is 11.7. The molecular weight excluding hydrogens is 364 g/mol. The molecule has 160 valence electrons. The SMILES string of the molecule is CCCCCCOCCOCCOCCOCCOC(=O)c1ccc(O)cc1. The number of hydrogen-bond acceptors (Lipinski definition) is 7. The Balaban J connectivity index is 1.78. The zero-order valence-corrected chi connectivity index (χ0v) is 16.9. The monoisotopic (exact) mass is 398 g/mol. The first-order valence-electron chi connectivity index (χ1n) is 10.0. The van der Waals surface area contributed by atoms with E-state index in [1.165, 1.54) is 43.5 Å². The lowest BCUT2D eigenvalue weighted by Gasteiger charge is -2.08. The fourth-order valence-electron chi connectivity index (χ4n) is 2.27. The normalized spacial score (nSPS) is 10.9. The molecule has 28 heavy (non-hydrogen) atoms. The molecule has 1 aromatic rings. The first-order chi connectivity index (χ1) is 13.7. The van der Waals surface area contributed by atoms with Crippen molar-refractivity contribution in [1.29, 1.82) is 0 Å². The molecule has 0 radical (unpaired) electrons. The highest BCUT2D eigenvalue weighted by molar-refractivity contribution is 5.89. The maximum atomic E-state index is 11.7. The molecule has 0 bridgehead atoms. The van der Waals surface area contributed by atoms with Gasteiger partial charge in [0.2, 0.25) is 0 Å². The van der Waals surface area contributed by atoms with Gasteiger partial charge in [-0.15, -0.1) is 0 Å². The average molecular weight is 398 g/mol. The van der Waals surface area contributed by atoms with Gasteiger partial charge in [0.05, 0.1) is 51.8 Å². The van der Waals surface area contributed by atoms with Crippen molar-refractivity contribution in [2.45, 2.75) is 32.6 Å². The van der Waals surface area contributed by atoms with Crippen molar-refractivity contribution in [2.24, 2.45) is 0 Å². The van der Waals surface area contributed by atoms with Crippen molar-refractivity contribution in [3.05, 3.63) is 29.8 Å². The number of carbonyl (C=O) groups excluding carboxylic acids is 1. The molecule has 1 rings (SSSR count). The molecule has 0 amide bonds. The number of hydrogen-bond donors (Lipinski definition) is 1. The molecule has 0 aliphatic carbocycles.